The predicted molar refractivity (Wildman–Crippen MR) is 129 cm³/mol. The van der Waals surface area contributed by atoms with Crippen LogP contribution in [0.1, 0.15) is 31.1 Å². The number of amides is 2. The number of aromatic nitrogens is 3. The molecule has 10 heteroatoms. The summed E-state index contributed by atoms with van der Waals surface area (Å²) in [6.07, 6.45) is 0. The Kier molecular flexibility index (Phi) is 7.82. The van der Waals surface area contributed by atoms with Crippen LogP contribution in [0.5, 0.6) is 0 Å². The van der Waals surface area contributed by atoms with Crippen LogP contribution in [0.4, 0.5) is 5.69 Å². The monoisotopic (exact) mass is 491 g/mol. The molecule has 0 radical (unpaired) electrons. The van der Waals surface area contributed by atoms with Crippen molar-refractivity contribution >= 4 is 52.5 Å². The Morgan fingerprint density at radius 1 is 1.09 bits per heavy atom. The van der Waals surface area contributed by atoms with Crippen molar-refractivity contribution in [3.05, 3.63) is 58.1 Å². The number of nitrogens with zero attached hydrogens (tertiary/aromatic N) is 3. The normalized spacial score (nSPS) is 12.1. The molecule has 168 valence electrons. The lowest BCUT2D eigenvalue weighted by molar-refractivity contribution is -0.115. The fourth-order valence-corrected chi connectivity index (χ4v) is 4.30. The molecule has 1 unspecified atom stereocenters. The first-order chi connectivity index (χ1) is 15.2. The van der Waals surface area contributed by atoms with Crippen molar-refractivity contribution in [3.63, 3.8) is 0 Å². The molecular formula is C22H23Cl2N5O2S. The fraction of sp³-hybridized carbons (Fsp3) is 0.273. The Balaban J connectivity index is 1.80. The van der Waals surface area contributed by atoms with Crippen LogP contribution in [0.2, 0.25) is 10.0 Å². The van der Waals surface area contributed by atoms with Crippen LogP contribution in [0.3, 0.4) is 0 Å². The van der Waals surface area contributed by atoms with E-state index in [4.69, 9.17) is 28.9 Å². The highest BCUT2D eigenvalue weighted by molar-refractivity contribution is 8.00. The summed E-state index contributed by atoms with van der Waals surface area (Å²) < 4.78 is 1.97. The number of nitrogens with one attached hydrogen (secondary N) is 1. The third-order valence-corrected chi connectivity index (χ3v) is 6.15. The Bertz CT molecular complexity index is 1130. The lowest BCUT2D eigenvalue weighted by atomic mass is 10.2. The number of primary amides is 1. The number of halogens is 2. The molecule has 0 fully saturated rings. The maximum atomic E-state index is 12.7. The van der Waals surface area contributed by atoms with Gasteiger partial charge in [-0.15, -0.1) is 10.2 Å². The number of carbonyl (C=O) groups excluding carboxylic acids is 2. The average Bonchev–Trinajstić information content (AvgIpc) is 3.09. The number of nitrogens with two attached hydrogens (primary N) is 1. The molecule has 0 aliphatic heterocycles. The van der Waals surface area contributed by atoms with Crippen molar-refractivity contribution in [2.24, 2.45) is 11.7 Å². The van der Waals surface area contributed by atoms with E-state index in [1.54, 1.807) is 43.3 Å². The molecule has 1 heterocycles. The van der Waals surface area contributed by atoms with Crippen molar-refractivity contribution in [1.82, 2.24) is 14.8 Å². The van der Waals surface area contributed by atoms with Gasteiger partial charge in [-0.2, -0.15) is 0 Å². The molecular weight excluding hydrogens is 469 g/mol. The quantitative estimate of drug-likeness (QED) is 0.425. The number of hydrogen-bond donors (Lipinski definition) is 2. The molecule has 0 aliphatic carbocycles. The van der Waals surface area contributed by atoms with Gasteiger partial charge in [0.05, 0.1) is 10.3 Å². The molecule has 32 heavy (non-hydrogen) atoms. The molecule has 2 amide bonds. The Morgan fingerprint density at radius 3 is 2.38 bits per heavy atom. The van der Waals surface area contributed by atoms with Crippen molar-refractivity contribution in [1.29, 1.82) is 0 Å². The Hall–Kier alpha value is -2.55. The number of thioether (sulfide) groups is 1. The first-order valence-electron chi connectivity index (χ1n) is 9.91. The zero-order chi connectivity index (χ0) is 23.4. The van der Waals surface area contributed by atoms with E-state index >= 15 is 0 Å². The van der Waals surface area contributed by atoms with Gasteiger partial charge in [0.15, 0.2) is 11.0 Å². The summed E-state index contributed by atoms with van der Waals surface area (Å²) in [4.78, 5) is 23.9. The number of hydrogen-bond acceptors (Lipinski definition) is 5. The lowest BCUT2D eigenvalue weighted by Crippen LogP contribution is -2.23. The van der Waals surface area contributed by atoms with Crippen LogP contribution >= 0.6 is 35.0 Å². The van der Waals surface area contributed by atoms with Crippen molar-refractivity contribution < 1.29 is 9.59 Å². The van der Waals surface area contributed by atoms with E-state index in [0.29, 0.717) is 44.7 Å². The van der Waals surface area contributed by atoms with Gasteiger partial charge in [0, 0.05) is 28.4 Å². The predicted octanol–water partition coefficient (Wildman–Crippen LogP) is 5.13. The van der Waals surface area contributed by atoms with Gasteiger partial charge in [-0.25, -0.2) is 0 Å². The summed E-state index contributed by atoms with van der Waals surface area (Å²) in [6, 6.07) is 11.6. The number of rotatable bonds is 8. The second-order valence-electron chi connectivity index (χ2n) is 7.63. The molecule has 3 N–H and O–H groups in total. The van der Waals surface area contributed by atoms with Gasteiger partial charge in [0.2, 0.25) is 11.8 Å². The van der Waals surface area contributed by atoms with E-state index in [9.17, 15) is 9.59 Å². The van der Waals surface area contributed by atoms with Gasteiger partial charge in [-0.3, -0.25) is 9.59 Å². The first kappa shape index (κ1) is 24.1. The molecule has 3 rings (SSSR count). The molecule has 0 saturated heterocycles. The molecule has 1 aromatic heterocycles. The van der Waals surface area contributed by atoms with Gasteiger partial charge in [0.25, 0.3) is 0 Å². The Morgan fingerprint density at radius 2 is 1.78 bits per heavy atom. The van der Waals surface area contributed by atoms with E-state index < -0.39 is 11.2 Å². The van der Waals surface area contributed by atoms with Gasteiger partial charge in [-0.05, 0) is 55.3 Å². The second-order valence-corrected chi connectivity index (χ2v) is 9.78. The molecule has 0 spiro atoms. The first-order valence-corrected chi connectivity index (χ1v) is 11.5. The summed E-state index contributed by atoms with van der Waals surface area (Å²) in [6.45, 7) is 6.63. The molecule has 0 saturated carbocycles. The second kappa shape index (κ2) is 10.4. The van der Waals surface area contributed by atoms with E-state index in [-0.39, 0.29) is 5.91 Å². The van der Waals surface area contributed by atoms with Gasteiger partial charge in [-0.1, -0.05) is 48.8 Å². The van der Waals surface area contributed by atoms with Crippen LogP contribution in [-0.4, -0.2) is 31.8 Å². The van der Waals surface area contributed by atoms with Crippen molar-refractivity contribution in [3.8, 4) is 11.4 Å². The fourth-order valence-electron chi connectivity index (χ4n) is 2.95. The largest absolute Gasteiger partial charge is 0.366 e. The maximum absolute atomic E-state index is 12.7. The summed E-state index contributed by atoms with van der Waals surface area (Å²) >= 11 is 13.7. The topological polar surface area (TPSA) is 103 Å². The zero-order valence-electron chi connectivity index (χ0n) is 17.8. The zero-order valence-corrected chi connectivity index (χ0v) is 20.1. The van der Waals surface area contributed by atoms with Crippen LogP contribution < -0.4 is 11.1 Å². The minimum Gasteiger partial charge on any atom is -0.366 e. The molecule has 0 bridgehead atoms. The summed E-state index contributed by atoms with van der Waals surface area (Å²) in [7, 11) is 0. The highest BCUT2D eigenvalue weighted by atomic mass is 35.5. The SMILES string of the molecule is CC(C)Cn1c(SC(C)C(=O)Nc2ccc(C(N)=O)cc2)nnc1-c1ccc(Cl)cc1Cl. The average molecular weight is 492 g/mol. The highest BCUT2D eigenvalue weighted by Gasteiger charge is 2.22. The molecule has 0 aliphatic rings. The molecule has 1 atom stereocenters. The van der Waals surface area contributed by atoms with E-state index in [1.807, 2.05) is 10.6 Å². The number of carbonyl (C=O) groups is 2. The van der Waals surface area contributed by atoms with Crippen LogP contribution in [0.15, 0.2) is 47.6 Å². The van der Waals surface area contributed by atoms with Gasteiger partial charge < -0.3 is 15.6 Å². The van der Waals surface area contributed by atoms with Gasteiger partial charge in [0.1, 0.15) is 0 Å². The minimum atomic E-state index is -0.520. The standard InChI is InChI=1S/C22H23Cl2N5O2S/c1-12(2)11-29-20(17-9-6-15(23)10-18(17)24)27-28-22(29)32-13(3)21(31)26-16-7-4-14(5-8-16)19(25)30/h4-10,12-13H,11H2,1-3H3,(H2,25,30)(H,26,31). The number of benzene rings is 2. The van der Waals surface area contributed by atoms with Crippen LogP contribution in [-0.2, 0) is 11.3 Å². The number of anilines is 1. The van der Waals surface area contributed by atoms with E-state index in [1.165, 1.54) is 11.8 Å². The maximum Gasteiger partial charge on any atom is 0.248 e. The van der Waals surface area contributed by atoms with E-state index in [2.05, 4.69) is 29.4 Å². The Labute approximate surface area is 200 Å². The highest BCUT2D eigenvalue weighted by Crippen LogP contribution is 2.33. The molecule has 7 nitrogen and oxygen atoms in total. The van der Waals surface area contributed by atoms with E-state index in [0.717, 1.165) is 5.56 Å². The van der Waals surface area contributed by atoms with Crippen molar-refractivity contribution in [2.45, 2.75) is 37.7 Å². The molecule has 2 aromatic carbocycles. The summed E-state index contributed by atoms with van der Waals surface area (Å²) in [5.41, 5.74) is 6.92. The third-order valence-electron chi connectivity index (χ3n) is 4.52. The summed E-state index contributed by atoms with van der Waals surface area (Å²) in [5, 5.41) is 12.7. The van der Waals surface area contributed by atoms with Gasteiger partial charge >= 0.3 is 0 Å². The van der Waals surface area contributed by atoms with Crippen LogP contribution in [0, 0.1) is 5.92 Å². The summed E-state index contributed by atoms with van der Waals surface area (Å²) in [5.74, 6) is 0.223. The molecule has 3 aromatic rings. The van der Waals surface area contributed by atoms with Crippen molar-refractivity contribution in [2.75, 3.05) is 5.32 Å². The smallest absolute Gasteiger partial charge is 0.248 e. The third kappa shape index (κ3) is 5.82. The van der Waals surface area contributed by atoms with Crippen LogP contribution in [0.25, 0.3) is 11.4 Å². The minimum absolute atomic E-state index is 0.202. The lowest BCUT2D eigenvalue weighted by Gasteiger charge is -2.16.